The molecule has 1 heterocycles. The van der Waals surface area contributed by atoms with Gasteiger partial charge in [0, 0.05) is 0 Å². The molecule has 1 aromatic heterocycles. The number of thiazole rings is 1. The average Bonchev–Trinajstić information content (AvgIpc) is 2.95. The summed E-state index contributed by atoms with van der Waals surface area (Å²) in [5.74, 6) is -0.418. The van der Waals surface area contributed by atoms with Gasteiger partial charge in [-0.1, -0.05) is 12.1 Å². The maximum atomic E-state index is 11.9. The summed E-state index contributed by atoms with van der Waals surface area (Å²) in [5, 5.41) is 9.48. The van der Waals surface area contributed by atoms with Gasteiger partial charge in [-0.3, -0.25) is 0 Å². The van der Waals surface area contributed by atoms with E-state index < -0.39 is 5.97 Å². The molecule has 0 aliphatic carbocycles. The van der Waals surface area contributed by atoms with Crippen LogP contribution in [0.3, 0.4) is 0 Å². The van der Waals surface area contributed by atoms with Crippen LogP contribution in [0.5, 0.6) is 0 Å². The van der Waals surface area contributed by atoms with Gasteiger partial charge in [0.1, 0.15) is 11.6 Å². The summed E-state index contributed by atoms with van der Waals surface area (Å²) in [6, 6.07) is 16.1. The highest BCUT2D eigenvalue weighted by Gasteiger charge is 2.09. The van der Waals surface area contributed by atoms with Gasteiger partial charge < -0.3 is 4.74 Å². The summed E-state index contributed by atoms with van der Waals surface area (Å²) >= 11 is 1.51. The third-order valence-electron chi connectivity index (χ3n) is 2.91. The number of ether oxygens (including phenoxy) is 1. The lowest BCUT2D eigenvalue weighted by Crippen LogP contribution is -2.04. The predicted octanol–water partition coefficient (Wildman–Crippen LogP) is 3.52. The van der Waals surface area contributed by atoms with Gasteiger partial charge in [0.25, 0.3) is 0 Å². The van der Waals surface area contributed by atoms with Gasteiger partial charge in [-0.2, -0.15) is 5.26 Å². The zero-order valence-corrected chi connectivity index (χ0v) is 11.8. The number of rotatable bonds is 3. The molecule has 0 aliphatic rings. The molecular weight excluding hydrogens is 284 g/mol. The quantitative estimate of drug-likeness (QED) is 0.693. The highest BCUT2D eigenvalue weighted by Crippen LogP contribution is 2.22. The maximum Gasteiger partial charge on any atom is 0.338 e. The lowest BCUT2D eigenvalue weighted by molar-refractivity contribution is 0.0472. The Hall–Kier alpha value is -2.71. The third-order valence-corrected chi connectivity index (χ3v) is 3.92. The Bertz CT molecular complexity index is 798. The number of fused-ring (bicyclic) bond motifs is 1. The molecule has 3 rings (SSSR count). The number of benzene rings is 2. The van der Waals surface area contributed by atoms with Crippen molar-refractivity contribution in [3.8, 4) is 6.07 Å². The Morgan fingerprint density at radius 2 is 1.95 bits per heavy atom. The Balaban J connectivity index is 1.68. The molecule has 3 aromatic rings. The zero-order chi connectivity index (χ0) is 14.7. The van der Waals surface area contributed by atoms with E-state index in [-0.39, 0.29) is 6.61 Å². The van der Waals surface area contributed by atoms with Gasteiger partial charge in [-0.15, -0.1) is 11.3 Å². The van der Waals surface area contributed by atoms with Crippen LogP contribution in [0.1, 0.15) is 20.9 Å². The van der Waals surface area contributed by atoms with Crippen LogP contribution in [-0.4, -0.2) is 11.0 Å². The topological polar surface area (TPSA) is 63.0 Å². The summed E-state index contributed by atoms with van der Waals surface area (Å²) in [4.78, 5) is 16.3. The molecule has 0 radical (unpaired) electrons. The van der Waals surface area contributed by atoms with Crippen LogP contribution in [0.2, 0.25) is 0 Å². The van der Waals surface area contributed by atoms with E-state index in [0.29, 0.717) is 11.1 Å². The maximum absolute atomic E-state index is 11.9. The molecule has 4 nitrogen and oxygen atoms in total. The van der Waals surface area contributed by atoms with Crippen LogP contribution in [0.25, 0.3) is 10.2 Å². The van der Waals surface area contributed by atoms with Crippen molar-refractivity contribution in [1.29, 1.82) is 5.26 Å². The number of carbonyl (C=O) groups excluding carboxylic acids is 1. The summed E-state index contributed by atoms with van der Waals surface area (Å²) in [6.07, 6.45) is 0. The van der Waals surface area contributed by atoms with Crippen molar-refractivity contribution in [2.75, 3.05) is 0 Å². The van der Waals surface area contributed by atoms with E-state index in [2.05, 4.69) is 4.98 Å². The second-order valence-electron chi connectivity index (χ2n) is 4.34. The van der Waals surface area contributed by atoms with Gasteiger partial charge in [-0.25, -0.2) is 9.78 Å². The van der Waals surface area contributed by atoms with Gasteiger partial charge >= 0.3 is 5.97 Å². The Morgan fingerprint density at radius 3 is 2.67 bits per heavy atom. The molecule has 2 aromatic carbocycles. The molecule has 0 N–H and O–H groups in total. The molecule has 0 amide bonds. The van der Waals surface area contributed by atoms with Gasteiger partial charge in [-0.05, 0) is 36.4 Å². The number of nitriles is 1. The first-order chi connectivity index (χ1) is 10.3. The molecule has 0 fully saturated rings. The monoisotopic (exact) mass is 294 g/mol. The number of nitrogens with zero attached hydrogens (tertiary/aromatic N) is 2. The lowest BCUT2D eigenvalue weighted by Gasteiger charge is -2.02. The largest absolute Gasteiger partial charge is 0.455 e. The van der Waals surface area contributed by atoms with Crippen LogP contribution in [0.15, 0.2) is 48.5 Å². The third kappa shape index (κ3) is 2.91. The first-order valence-corrected chi connectivity index (χ1v) is 7.09. The van der Waals surface area contributed by atoms with Crippen molar-refractivity contribution < 1.29 is 9.53 Å². The van der Waals surface area contributed by atoms with E-state index >= 15 is 0 Å². The van der Waals surface area contributed by atoms with Crippen LogP contribution in [0, 0.1) is 11.3 Å². The van der Waals surface area contributed by atoms with Crippen LogP contribution in [-0.2, 0) is 11.3 Å². The molecule has 5 heteroatoms. The highest BCUT2D eigenvalue weighted by atomic mass is 32.1. The molecule has 21 heavy (non-hydrogen) atoms. The number of aromatic nitrogens is 1. The van der Waals surface area contributed by atoms with E-state index in [1.54, 1.807) is 24.3 Å². The van der Waals surface area contributed by atoms with Crippen molar-refractivity contribution in [2.24, 2.45) is 0 Å². The summed E-state index contributed by atoms with van der Waals surface area (Å²) in [7, 11) is 0. The van der Waals surface area contributed by atoms with E-state index in [0.717, 1.165) is 15.2 Å². The van der Waals surface area contributed by atoms with E-state index in [1.807, 2.05) is 30.3 Å². The van der Waals surface area contributed by atoms with Crippen LogP contribution < -0.4 is 0 Å². The van der Waals surface area contributed by atoms with Crippen LogP contribution in [0.4, 0.5) is 0 Å². The fraction of sp³-hybridized carbons (Fsp3) is 0.0625. The summed E-state index contributed by atoms with van der Waals surface area (Å²) in [6.45, 7) is 0.151. The highest BCUT2D eigenvalue weighted by molar-refractivity contribution is 7.18. The molecule has 0 aliphatic heterocycles. The minimum Gasteiger partial charge on any atom is -0.455 e. The number of esters is 1. The second-order valence-corrected chi connectivity index (χ2v) is 5.46. The first kappa shape index (κ1) is 13.3. The fourth-order valence-electron chi connectivity index (χ4n) is 1.87. The minimum atomic E-state index is -0.418. The van der Waals surface area contributed by atoms with Crippen molar-refractivity contribution >= 4 is 27.5 Å². The number of carbonyl (C=O) groups is 1. The molecular formula is C16H10N2O2S. The average molecular weight is 294 g/mol. The molecule has 0 saturated heterocycles. The summed E-state index contributed by atoms with van der Waals surface area (Å²) in [5.41, 5.74) is 1.85. The summed E-state index contributed by atoms with van der Waals surface area (Å²) < 4.78 is 6.31. The van der Waals surface area contributed by atoms with Crippen LogP contribution >= 0.6 is 11.3 Å². The first-order valence-electron chi connectivity index (χ1n) is 6.28. The smallest absolute Gasteiger partial charge is 0.338 e. The lowest BCUT2D eigenvalue weighted by atomic mass is 10.1. The fourth-order valence-corrected chi connectivity index (χ4v) is 2.75. The number of hydrogen-bond donors (Lipinski definition) is 0. The molecule has 0 saturated carbocycles. The van der Waals surface area contributed by atoms with Gasteiger partial charge in [0.05, 0.1) is 27.4 Å². The van der Waals surface area contributed by atoms with Crippen molar-refractivity contribution in [3.05, 3.63) is 64.7 Å². The zero-order valence-electron chi connectivity index (χ0n) is 10.9. The normalized spacial score (nSPS) is 10.2. The second kappa shape index (κ2) is 5.73. The van der Waals surface area contributed by atoms with Gasteiger partial charge in [0.2, 0.25) is 0 Å². The molecule has 0 spiro atoms. The molecule has 0 unspecified atom stereocenters. The standard InChI is InChI=1S/C16H10N2O2S/c17-9-11-5-7-12(8-6-11)16(19)20-10-15-18-13-3-1-2-4-14(13)21-15/h1-8H,10H2. The number of para-hydroxylation sites is 1. The Morgan fingerprint density at radius 1 is 1.19 bits per heavy atom. The SMILES string of the molecule is N#Cc1ccc(C(=O)OCc2nc3ccccc3s2)cc1. The van der Waals surface area contributed by atoms with Gasteiger partial charge in [0.15, 0.2) is 0 Å². The van der Waals surface area contributed by atoms with E-state index in [4.69, 9.17) is 10.00 Å². The van der Waals surface area contributed by atoms with Crippen molar-refractivity contribution in [3.63, 3.8) is 0 Å². The molecule has 0 atom stereocenters. The Kier molecular flexibility index (Phi) is 3.63. The van der Waals surface area contributed by atoms with Crippen molar-refractivity contribution in [2.45, 2.75) is 6.61 Å². The molecule has 0 bridgehead atoms. The number of hydrogen-bond acceptors (Lipinski definition) is 5. The minimum absolute atomic E-state index is 0.151. The predicted molar refractivity (Wildman–Crippen MR) is 79.9 cm³/mol. The Labute approximate surface area is 125 Å². The van der Waals surface area contributed by atoms with E-state index in [9.17, 15) is 4.79 Å². The molecule has 102 valence electrons. The van der Waals surface area contributed by atoms with Crippen molar-refractivity contribution in [1.82, 2.24) is 4.98 Å². The van der Waals surface area contributed by atoms with E-state index in [1.165, 1.54) is 11.3 Å².